The maximum Gasteiger partial charge on any atom is 0.573 e. The fraction of sp³-hybridized carbons (Fsp3) is 0.192. The summed E-state index contributed by atoms with van der Waals surface area (Å²) in [5, 5.41) is 2.27. The minimum Gasteiger partial charge on any atom is -0.406 e. The van der Waals surface area contributed by atoms with Crippen molar-refractivity contribution < 1.29 is 22.7 Å². The molecule has 3 aromatic carbocycles. The number of benzene rings is 3. The lowest BCUT2D eigenvalue weighted by atomic mass is 9.82. The van der Waals surface area contributed by atoms with Crippen LogP contribution in [-0.2, 0) is 12.8 Å². The average Bonchev–Trinajstić information content (AvgIpc) is 2.77. The number of halogens is 3. The first-order valence-electron chi connectivity index (χ1n) is 10.2. The Hall–Kier alpha value is -3.34. The molecule has 31 heavy (non-hydrogen) atoms. The van der Waals surface area contributed by atoms with Gasteiger partial charge in [-0.3, -0.25) is 4.79 Å². The van der Waals surface area contributed by atoms with Gasteiger partial charge in [-0.2, -0.15) is 0 Å². The second kappa shape index (κ2) is 7.41. The van der Waals surface area contributed by atoms with E-state index in [1.54, 1.807) is 0 Å². The van der Waals surface area contributed by atoms with Gasteiger partial charge in [0.2, 0.25) is 0 Å². The third-order valence-corrected chi connectivity index (χ3v) is 6.01. The van der Waals surface area contributed by atoms with Crippen molar-refractivity contribution in [2.75, 3.05) is 0 Å². The molecule has 0 aromatic heterocycles. The van der Waals surface area contributed by atoms with Crippen molar-refractivity contribution in [2.24, 2.45) is 5.92 Å². The Morgan fingerprint density at radius 3 is 2.42 bits per heavy atom. The molecular formula is C26H19F3O2. The highest BCUT2D eigenvalue weighted by Crippen LogP contribution is 2.27. The van der Waals surface area contributed by atoms with Gasteiger partial charge in [-0.05, 0) is 76.2 Å². The highest BCUT2D eigenvalue weighted by molar-refractivity contribution is 6.01. The van der Waals surface area contributed by atoms with Crippen LogP contribution in [-0.4, -0.2) is 12.1 Å². The van der Waals surface area contributed by atoms with Crippen molar-refractivity contribution in [3.05, 3.63) is 87.8 Å². The quantitative estimate of drug-likeness (QED) is 0.569. The maximum absolute atomic E-state index is 13.1. The third kappa shape index (κ3) is 3.76. The molecule has 0 saturated heterocycles. The van der Waals surface area contributed by atoms with E-state index >= 15 is 0 Å². The molecular weight excluding hydrogens is 401 g/mol. The van der Waals surface area contributed by atoms with E-state index < -0.39 is 6.36 Å². The van der Waals surface area contributed by atoms with Gasteiger partial charge in [0.1, 0.15) is 5.75 Å². The number of hydrogen-bond donors (Lipinski definition) is 0. The Kier molecular flexibility index (Phi) is 4.69. The Labute approximate surface area is 177 Å². The molecule has 0 bridgehead atoms. The molecule has 0 spiro atoms. The summed E-state index contributed by atoms with van der Waals surface area (Å²) in [6, 6.07) is 17.8. The molecule has 0 radical (unpaired) electrons. The third-order valence-electron chi connectivity index (χ3n) is 6.01. The maximum atomic E-state index is 13.1. The van der Waals surface area contributed by atoms with Gasteiger partial charge in [0, 0.05) is 11.5 Å². The minimum atomic E-state index is -4.75. The van der Waals surface area contributed by atoms with Crippen LogP contribution in [0.25, 0.3) is 23.3 Å². The zero-order valence-electron chi connectivity index (χ0n) is 16.6. The molecule has 0 N–H and O–H groups in total. The van der Waals surface area contributed by atoms with E-state index in [9.17, 15) is 18.0 Å². The van der Waals surface area contributed by atoms with Crippen molar-refractivity contribution in [1.29, 1.82) is 0 Å². The van der Waals surface area contributed by atoms with Gasteiger partial charge in [0.15, 0.2) is 5.78 Å². The Balaban J connectivity index is 1.49. The summed E-state index contributed by atoms with van der Waals surface area (Å²) in [7, 11) is 0. The molecule has 2 nitrogen and oxygen atoms in total. The fourth-order valence-corrected chi connectivity index (χ4v) is 4.56. The average molecular weight is 420 g/mol. The van der Waals surface area contributed by atoms with E-state index in [0.29, 0.717) is 12.0 Å². The first-order chi connectivity index (χ1) is 14.9. The van der Waals surface area contributed by atoms with Crippen LogP contribution in [0.3, 0.4) is 0 Å². The molecule has 0 heterocycles. The van der Waals surface area contributed by atoms with Gasteiger partial charge < -0.3 is 4.74 Å². The lowest BCUT2D eigenvalue weighted by molar-refractivity contribution is -0.274. The molecule has 5 heteroatoms. The van der Waals surface area contributed by atoms with Crippen molar-refractivity contribution in [3.63, 3.8) is 0 Å². The number of ketones is 1. The fourth-order valence-electron chi connectivity index (χ4n) is 4.56. The summed E-state index contributed by atoms with van der Waals surface area (Å²) in [6.07, 6.45) is 1.84. The first kappa shape index (κ1) is 19.6. The number of carbonyl (C=O) groups excluding carboxylic acids is 1. The number of fused-ring (bicyclic) bond motifs is 5. The smallest absolute Gasteiger partial charge is 0.406 e. The highest BCUT2D eigenvalue weighted by atomic mass is 19.4. The lowest BCUT2D eigenvalue weighted by Crippen LogP contribution is -2.37. The summed E-state index contributed by atoms with van der Waals surface area (Å²) >= 11 is 0. The summed E-state index contributed by atoms with van der Waals surface area (Å²) in [6.45, 7) is 0. The van der Waals surface area contributed by atoms with E-state index in [-0.39, 0.29) is 17.5 Å². The SMILES string of the molecule is O=C(c1ccc(OC(F)(F)F)cc1)C1C=c2c(ccc3c2=CCc2ccccc2-3)CC1. The molecule has 2 aliphatic carbocycles. The second-order valence-electron chi connectivity index (χ2n) is 7.91. The van der Waals surface area contributed by atoms with Gasteiger partial charge in [-0.25, -0.2) is 0 Å². The summed E-state index contributed by atoms with van der Waals surface area (Å²) in [5.74, 6) is -0.721. The largest absolute Gasteiger partial charge is 0.573 e. The molecule has 0 saturated carbocycles. The standard InChI is InChI=1S/C26H19F3O2/c27-26(28,29)31-20-11-7-18(8-12-20)25(30)19-6-5-17-10-13-22-21-4-2-1-3-16(21)9-14-23(22)24(17)15-19/h1-4,7-8,10-15,19H,5-6,9H2. The van der Waals surface area contributed by atoms with Crippen molar-refractivity contribution >= 4 is 17.9 Å². The molecule has 0 amide bonds. The van der Waals surface area contributed by atoms with Crippen LogP contribution in [0.15, 0.2) is 60.7 Å². The Bertz CT molecular complexity index is 1290. The molecule has 1 atom stereocenters. The van der Waals surface area contributed by atoms with Gasteiger partial charge in [-0.1, -0.05) is 48.6 Å². The number of alkyl halides is 3. The van der Waals surface area contributed by atoms with Crippen molar-refractivity contribution in [2.45, 2.75) is 25.6 Å². The lowest BCUT2D eigenvalue weighted by Gasteiger charge is -2.21. The predicted octanol–water partition coefficient (Wildman–Crippen LogP) is 4.81. The molecule has 3 aromatic rings. The molecule has 2 aliphatic rings. The second-order valence-corrected chi connectivity index (χ2v) is 7.91. The topological polar surface area (TPSA) is 26.3 Å². The zero-order valence-corrected chi connectivity index (χ0v) is 16.6. The van der Waals surface area contributed by atoms with Crippen molar-refractivity contribution in [1.82, 2.24) is 0 Å². The highest BCUT2D eigenvalue weighted by Gasteiger charge is 2.31. The molecule has 156 valence electrons. The van der Waals surface area contributed by atoms with Gasteiger partial charge in [0.05, 0.1) is 0 Å². The monoisotopic (exact) mass is 420 g/mol. The number of rotatable bonds is 3. The Morgan fingerprint density at radius 2 is 1.65 bits per heavy atom. The molecule has 5 rings (SSSR count). The van der Waals surface area contributed by atoms with Crippen LogP contribution in [0.5, 0.6) is 5.75 Å². The number of Topliss-reactive ketones (excluding diaryl/α,β-unsaturated/α-hetero) is 1. The summed E-state index contributed by atoms with van der Waals surface area (Å²) in [4.78, 5) is 13.1. The van der Waals surface area contributed by atoms with E-state index in [0.717, 1.165) is 18.1 Å². The number of carbonyl (C=O) groups is 1. The van der Waals surface area contributed by atoms with Gasteiger partial charge >= 0.3 is 6.36 Å². The van der Waals surface area contributed by atoms with Crippen LogP contribution >= 0.6 is 0 Å². The van der Waals surface area contributed by atoms with Crippen LogP contribution in [0, 0.1) is 5.92 Å². The van der Waals surface area contributed by atoms with Gasteiger partial charge in [-0.15, -0.1) is 13.2 Å². The summed E-state index contributed by atoms with van der Waals surface area (Å²) < 4.78 is 41.0. The van der Waals surface area contributed by atoms with E-state index in [4.69, 9.17) is 0 Å². The van der Waals surface area contributed by atoms with E-state index in [2.05, 4.69) is 35.1 Å². The summed E-state index contributed by atoms with van der Waals surface area (Å²) in [5.41, 5.74) is 5.31. The Morgan fingerprint density at radius 1 is 0.871 bits per heavy atom. The number of ether oxygens (including phenoxy) is 1. The predicted molar refractivity (Wildman–Crippen MR) is 113 cm³/mol. The van der Waals surface area contributed by atoms with Crippen LogP contribution in [0.1, 0.15) is 27.9 Å². The first-order valence-corrected chi connectivity index (χ1v) is 10.2. The van der Waals surface area contributed by atoms with Gasteiger partial charge in [0.25, 0.3) is 0 Å². The number of hydrogen-bond acceptors (Lipinski definition) is 2. The number of aryl methyl sites for hydroxylation is 1. The normalized spacial score (nSPS) is 16.8. The van der Waals surface area contributed by atoms with E-state index in [1.807, 2.05) is 18.2 Å². The van der Waals surface area contributed by atoms with Crippen LogP contribution in [0.2, 0.25) is 0 Å². The molecule has 0 fully saturated rings. The van der Waals surface area contributed by atoms with Crippen LogP contribution < -0.4 is 15.2 Å². The van der Waals surface area contributed by atoms with Crippen LogP contribution in [0.4, 0.5) is 13.2 Å². The van der Waals surface area contributed by atoms with Crippen molar-refractivity contribution in [3.8, 4) is 16.9 Å². The minimum absolute atomic E-state index is 0.0852. The zero-order chi connectivity index (χ0) is 21.6. The van der Waals surface area contributed by atoms with E-state index in [1.165, 1.54) is 51.7 Å². The molecule has 0 aliphatic heterocycles. The molecule has 1 unspecified atom stereocenters.